The predicted octanol–water partition coefficient (Wildman–Crippen LogP) is 4.56. The third-order valence-corrected chi connectivity index (χ3v) is 4.71. The molecule has 0 spiro atoms. The van der Waals surface area contributed by atoms with Crippen LogP contribution in [0.25, 0.3) is 0 Å². The lowest BCUT2D eigenvalue weighted by Gasteiger charge is -2.15. The summed E-state index contributed by atoms with van der Waals surface area (Å²) in [6.07, 6.45) is 12.8. The SMILES string of the molecule is CCCCCCCCCCCC[C@@H]1OC(=O)[C@@H](C)[C@@H]1C(=O)O. The highest BCUT2D eigenvalue weighted by atomic mass is 16.6. The molecule has 0 amide bonds. The first-order valence-corrected chi connectivity index (χ1v) is 9.01. The van der Waals surface area contributed by atoms with Gasteiger partial charge in [0.25, 0.3) is 0 Å². The fourth-order valence-corrected chi connectivity index (χ4v) is 3.24. The molecule has 1 heterocycles. The van der Waals surface area contributed by atoms with Crippen LogP contribution >= 0.6 is 0 Å². The number of esters is 1. The van der Waals surface area contributed by atoms with Crippen molar-refractivity contribution in [2.24, 2.45) is 11.8 Å². The van der Waals surface area contributed by atoms with E-state index in [2.05, 4.69) is 6.92 Å². The van der Waals surface area contributed by atoms with E-state index in [1.54, 1.807) is 6.92 Å². The van der Waals surface area contributed by atoms with Crippen LogP contribution in [-0.2, 0) is 14.3 Å². The van der Waals surface area contributed by atoms with Crippen LogP contribution in [0.2, 0.25) is 0 Å². The molecule has 0 radical (unpaired) electrons. The highest BCUT2D eigenvalue weighted by Gasteiger charge is 2.45. The van der Waals surface area contributed by atoms with Crippen molar-refractivity contribution in [1.29, 1.82) is 0 Å². The summed E-state index contributed by atoms with van der Waals surface area (Å²) >= 11 is 0. The van der Waals surface area contributed by atoms with Gasteiger partial charge >= 0.3 is 11.9 Å². The molecule has 3 atom stereocenters. The first-order valence-electron chi connectivity index (χ1n) is 9.01. The smallest absolute Gasteiger partial charge is 0.311 e. The highest BCUT2D eigenvalue weighted by Crippen LogP contribution is 2.31. The minimum absolute atomic E-state index is 0.357. The van der Waals surface area contributed by atoms with Gasteiger partial charge in [-0.2, -0.15) is 0 Å². The Balaban J connectivity index is 2.05. The minimum Gasteiger partial charge on any atom is -0.481 e. The summed E-state index contributed by atoms with van der Waals surface area (Å²) in [6, 6.07) is 0. The third-order valence-electron chi connectivity index (χ3n) is 4.71. The molecule has 128 valence electrons. The van der Waals surface area contributed by atoms with Crippen molar-refractivity contribution < 1.29 is 19.4 Å². The molecule has 0 bridgehead atoms. The Bertz CT molecular complexity index is 340. The molecule has 0 aromatic carbocycles. The van der Waals surface area contributed by atoms with Gasteiger partial charge in [-0.15, -0.1) is 0 Å². The number of carboxylic acids is 1. The molecular weight excluding hydrogens is 280 g/mol. The second-order valence-electron chi connectivity index (χ2n) is 6.60. The van der Waals surface area contributed by atoms with Crippen molar-refractivity contribution >= 4 is 11.9 Å². The van der Waals surface area contributed by atoms with Crippen LogP contribution < -0.4 is 0 Å². The molecule has 0 unspecified atom stereocenters. The van der Waals surface area contributed by atoms with Crippen molar-refractivity contribution in [3.63, 3.8) is 0 Å². The van der Waals surface area contributed by atoms with Crippen LogP contribution in [0.3, 0.4) is 0 Å². The second-order valence-corrected chi connectivity index (χ2v) is 6.60. The Labute approximate surface area is 134 Å². The van der Waals surface area contributed by atoms with E-state index >= 15 is 0 Å². The van der Waals surface area contributed by atoms with Crippen LogP contribution in [0.4, 0.5) is 0 Å². The molecule has 0 aromatic rings. The maximum atomic E-state index is 11.5. The molecule has 0 aliphatic carbocycles. The lowest BCUT2D eigenvalue weighted by atomic mass is 9.89. The molecule has 1 fully saturated rings. The molecule has 1 aliphatic heterocycles. The summed E-state index contributed by atoms with van der Waals surface area (Å²) in [5.41, 5.74) is 0. The number of aliphatic carboxylic acids is 1. The molecule has 0 saturated carbocycles. The van der Waals surface area contributed by atoms with Gasteiger partial charge in [-0.3, -0.25) is 9.59 Å². The monoisotopic (exact) mass is 312 g/mol. The van der Waals surface area contributed by atoms with Gasteiger partial charge in [-0.25, -0.2) is 0 Å². The molecule has 1 aliphatic rings. The summed E-state index contributed by atoms with van der Waals surface area (Å²) < 4.78 is 5.21. The van der Waals surface area contributed by atoms with Gasteiger partial charge in [0.1, 0.15) is 12.0 Å². The number of carbonyl (C=O) groups is 2. The van der Waals surface area contributed by atoms with E-state index in [1.165, 1.54) is 51.4 Å². The fourth-order valence-electron chi connectivity index (χ4n) is 3.24. The topological polar surface area (TPSA) is 63.6 Å². The van der Waals surface area contributed by atoms with E-state index in [-0.39, 0.29) is 5.97 Å². The van der Waals surface area contributed by atoms with Crippen molar-refractivity contribution in [2.45, 2.75) is 90.6 Å². The zero-order valence-electron chi connectivity index (χ0n) is 14.2. The lowest BCUT2D eigenvalue weighted by Crippen LogP contribution is -2.27. The van der Waals surface area contributed by atoms with E-state index in [0.29, 0.717) is 6.42 Å². The highest BCUT2D eigenvalue weighted by molar-refractivity contribution is 5.84. The molecule has 0 aromatic heterocycles. The molecule has 1 saturated heterocycles. The largest absolute Gasteiger partial charge is 0.481 e. The number of hydrogen-bond donors (Lipinski definition) is 1. The quantitative estimate of drug-likeness (QED) is 0.424. The normalized spacial score (nSPS) is 24.5. The lowest BCUT2D eigenvalue weighted by molar-refractivity contribution is -0.144. The van der Waals surface area contributed by atoms with Crippen molar-refractivity contribution in [1.82, 2.24) is 0 Å². The summed E-state index contributed by atoms with van der Waals surface area (Å²) in [6.45, 7) is 3.89. The molecule has 4 nitrogen and oxygen atoms in total. The molecule has 1 rings (SSSR count). The minimum atomic E-state index is -0.907. The van der Waals surface area contributed by atoms with Crippen LogP contribution in [0, 0.1) is 11.8 Å². The number of carboxylic acid groups (broad SMARTS) is 1. The van der Waals surface area contributed by atoms with E-state index in [0.717, 1.165) is 12.8 Å². The Morgan fingerprint density at radius 1 is 1.00 bits per heavy atom. The molecule has 1 N–H and O–H groups in total. The van der Waals surface area contributed by atoms with E-state index in [1.807, 2.05) is 0 Å². The maximum absolute atomic E-state index is 11.5. The van der Waals surface area contributed by atoms with Crippen LogP contribution in [0.15, 0.2) is 0 Å². The van der Waals surface area contributed by atoms with Crippen molar-refractivity contribution in [3.8, 4) is 0 Å². The Morgan fingerprint density at radius 3 is 2.00 bits per heavy atom. The average molecular weight is 312 g/mol. The zero-order valence-corrected chi connectivity index (χ0v) is 14.2. The predicted molar refractivity (Wildman–Crippen MR) is 86.6 cm³/mol. The van der Waals surface area contributed by atoms with Crippen molar-refractivity contribution in [2.75, 3.05) is 0 Å². The number of ether oxygens (including phenoxy) is 1. The van der Waals surface area contributed by atoms with Gasteiger partial charge in [-0.1, -0.05) is 71.6 Å². The van der Waals surface area contributed by atoms with Crippen LogP contribution in [-0.4, -0.2) is 23.1 Å². The second kappa shape index (κ2) is 10.6. The number of carbonyl (C=O) groups excluding carboxylic acids is 1. The average Bonchev–Trinajstić information content (AvgIpc) is 2.76. The van der Waals surface area contributed by atoms with Gasteiger partial charge in [-0.05, 0) is 12.8 Å². The first-order chi connectivity index (χ1) is 10.6. The maximum Gasteiger partial charge on any atom is 0.311 e. The zero-order chi connectivity index (χ0) is 16.4. The Morgan fingerprint density at radius 2 is 1.50 bits per heavy atom. The number of hydrogen-bond acceptors (Lipinski definition) is 3. The van der Waals surface area contributed by atoms with Crippen LogP contribution in [0.1, 0.15) is 84.5 Å². The molecular formula is C18H32O4. The summed E-state index contributed by atoms with van der Waals surface area (Å²) in [5, 5.41) is 9.20. The van der Waals surface area contributed by atoms with Gasteiger partial charge in [0, 0.05) is 0 Å². The van der Waals surface area contributed by atoms with Gasteiger partial charge in [0.15, 0.2) is 0 Å². The summed E-state index contributed by atoms with van der Waals surface area (Å²) in [4.78, 5) is 22.7. The number of rotatable bonds is 12. The third kappa shape index (κ3) is 6.37. The van der Waals surface area contributed by atoms with E-state index in [9.17, 15) is 14.7 Å². The fraction of sp³-hybridized carbons (Fsp3) is 0.889. The van der Waals surface area contributed by atoms with E-state index in [4.69, 9.17) is 4.74 Å². The first kappa shape index (κ1) is 19.0. The Kier molecular flexibility index (Phi) is 9.17. The van der Waals surface area contributed by atoms with Gasteiger partial charge < -0.3 is 9.84 Å². The van der Waals surface area contributed by atoms with Crippen LogP contribution in [0.5, 0.6) is 0 Å². The standard InChI is InChI=1S/C18H32O4/c1-3-4-5-6-7-8-9-10-11-12-13-15-16(17(19)20)14(2)18(21)22-15/h14-16H,3-13H2,1-2H3,(H,19,20)/t14-,15-,16-/m0/s1. The molecule has 4 heteroatoms. The van der Waals surface area contributed by atoms with Crippen molar-refractivity contribution in [3.05, 3.63) is 0 Å². The summed E-state index contributed by atoms with van der Waals surface area (Å²) in [5.74, 6) is -2.43. The number of unbranched alkanes of at least 4 members (excludes halogenated alkanes) is 9. The van der Waals surface area contributed by atoms with Gasteiger partial charge in [0.05, 0.1) is 5.92 Å². The summed E-state index contributed by atoms with van der Waals surface area (Å²) in [7, 11) is 0. The Hall–Kier alpha value is -1.06. The van der Waals surface area contributed by atoms with Gasteiger partial charge in [0.2, 0.25) is 0 Å². The molecule has 22 heavy (non-hydrogen) atoms. The number of cyclic esters (lactones) is 1. The van der Waals surface area contributed by atoms with E-state index < -0.39 is 23.9 Å².